The van der Waals surface area contributed by atoms with Crippen LogP contribution in [0.4, 0.5) is 4.79 Å². The highest BCUT2D eigenvalue weighted by Gasteiger charge is 2.30. The molecule has 2 N–H and O–H groups in total. The number of likely N-dealkylation sites (tertiary alicyclic amines) is 1. The van der Waals surface area contributed by atoms with Gasteiger partial charge in [0.05, 0.1) is 12.6 Å². The van der Waals surface area contributed by atoms with E-state index < -0.39 is 6.09 Å². The van der Waals surface area contributed by atoms with E-state index in [2.05, 4.69) is 41.5 Å². The smallest absolute Gasteiger partial charge is 0.407 e. The number of alkyl carbamates (subject to hydrolysis) is 1. The summed E-state index contributed by atoms with van der Waals surface area (Å²) in [5, 5.41) is 5.90. The van der Waals surface area contributed by atoms with Gasteiger partial charge in [0.1, 0.15) is 0 Å². The van der Waals surface area contributed by atoms with Crippen LogP contribution < -0.4 is 10.6 Å². The molecule has 1 heterocycles. The molecule has 0 spiro atoms. The predicted molar refractivity (Wildman–Crippen MR) is 106 cm³/mol. The summed E-state index contributed by atoms with van der Waals surface area (Å²) in [7, 11) is 0. The molecule has 1 fully saturated rings. The van der Waals surface area contributed by atoms with Gasteiger partial charge in [-0.2, -0.15) is 0 Å². The maximum Gasteiger partial charge on any atom is 0.407 e. The van der Waals surface area contributed by atoms with Crippen LogP contribution in [0.1, 0.15) is 45.6 Å². The van der Waals surface area contributed by atoms with Gasteiger partial charge < -0.3 is 15.4 Å². The average Bonchev–Trinajstić information content (AvgIpc) is 3.08. The van der Waals surface area contributed by atoms with Gasteiger partial charge in [-0.3, -0.25) is 9.69 Å². The molecule has 1 aromatic rings. The van der Waals surface area contributed by atoms with E-state index in [1.807, 2.05) is 18.2 Å². The second kappa shape index (κ2) is 10.9. The maximum atomic E-state index is 12.8. The van der Waals surface area contributed by atoms with Crippen LogP contribution in [0.15, 0.2) is 30.3 Å². The number of hydrogen-bond donors (Lipinski definition) is 2. The summed E-state index contributed by atoms with van der Waals surface area (Å²) in [5.41, 5.74) is 1.22. The van der Waals surface area contributed by atoms with Crippen LogP contribution in [0.3, 0.4) is 0 Å². The fourth-order valence-electron chi connectivity index (χ4n) is 3.57. The lowest BCUT2D eigenvalue weighted by atomic mass is 10.0. The van der Waals surface area contributed by atoms with Gasteiger partial charge >= 0.3 is 6.09 Å². The van der Waals surface area contributed by atoms with Crippen LogP contribution in [0, 0.1) is 5.92 Å². The molecule has 1 aliphatic rings. The summed E-state index contributed by atoms with van der Waals surface area (Å²) < 4.78 is 4.97. The molecule has 1 aromatic carbocycles. The molecule has 0 aliphatic carbocycles. The molecule has 27 heavy (non-hydrogen) atoms. The number of carbonyl (C=O) groups is 2. The standard InChI is InChI=1S/C21H33N3O3/c1-4-27-21(26)23-18(13-16(2)3)14-22-20(25)19-11-8-12-24(19)15-17-9-6-5-7-10-17/h5-7,9-10,16,18-19H,4,8,11-15H2,1-3H3,(H,22,25)(H,23,26). The molecule has 6 nitrogen and oxygen atoms in total. The Balaban J connectivity index is 1.88. The topological polar surface area (TPSA) is 70.7 Å². The van der Waals surface area contributed by atoms with E-state index in [-0.39, 0.29) is 18.0 Å². The van der Waals surface area contributed by atoms with E-state index >= 15 is 0 Å². The fraction of sp³-hybridized carbons (Fsp3) is 0.619. The van der Waals surface area contributed by atoms with Crippen LogP contribution in [0.2, 0.25) is 0 Å². The summed E-state index contributed by atoms with van der Waals surface area (Å²) in [5.74, 6) is 0.456. The Hall–Kier alpha value is -2.08. The van der Waals surface area contributed by atoms with Gasteiger partial charge in [0.2, 0.25) is 5.91 Å². The minimum atomic E-state index is -0.427. The highest BCUT2D eigenvalue weighted by molar-refractivity contribution is 5.82. The van der Waals surface area contributed by atoms with E-state index in [4.69, 9.17) is 4.74 Å². The second-order valence-electron chi connectivity index (χ2n) is 7.55. The lowest BCUT2D eigenvalue weighted by Gasteiger charge is -2.26. The zero-order valence-electron chi connectivity index (χ0n) is 16.7. The quantitative estimate of drug-likeness (QED) is 0.696. The molecule has 150 valence electrons. The van der Waals surface area contributed by atoms with E-state index in [0.29, 0.717) is 19.1 Å². The molecule has 0 radical (unpaired) electrons. The van der Waals surface area contributed by atoms with Crippen molar-refractivity contribution in [2.75, 3.05) is 19.7 Å². The van der Waals surface area contributed by atoms with Gasteiger partial charge in [-0.05, 0) is 44.2 Å². The first-order chi connectivity index (χ1) is 13.0. The molecule has 0 saturated carbocycles. The van der Waals surface area contributed by atoms with E-state index in [0.717, 1.165) is 32.4 Å². The number of nitrogens with zero attached hydrogens (tertiary/aromatic N) is 1. The highest BCUT2D eigenvalue weighted by Crippen LogP contribution is 2.20. The molecular weight excluding hydrogens is 342 g/mol. The molecule has 2 amide bonds. The Morgan fingerprint density at radius 1 is 1.26 bits per heavy atom. The first-order valence-corrected chi connectivity index (χ1v) is 9.98. The number of rotatable bonds is 9. The molecule has 1 aliphatic heterocycles. The van der Waals surface area contributed by atoms with Crippen molar-refractivity contribution in [1.29, 1.82) is 0 Å². The van der Waals surface area contributed by atoms with Crippen molar-refractivity contribution in [3.8, 4) is 0 Å². The Kier molecular flexibility index (Phi) is 8.58. The minimum absolute atomic E-state index is 0.0443. The van der Waals surface area contributed by atoms with Crippen molar-refractivity contribution in [2.24, 2.45) is 5.92 Å². The largest absolute Gasteiger partial charge is 0.450 e. The number of nitrogens with one attached hydrogen (secondary N) is 2. The van der Waals surface area contributed by atoms with E-state index in [1.165, 1.54) is 5.56 Å². The molecule has 2 rings (SSSR count). The highest BCUT2D eigenvalue weighted by atomic mass is 16.5. The van der Waals surface area contributed by atoms with Crippen molar-refractivity contribution in [2.45, 2.75) is 58.7 Å². The van der Waals surface area contributed by atoms with Gasteiger partial charge in [-0.1, -0.05) is 44.2 Å². The number of amides is 2. The van der Waals surface area contributed by atoms with Crippen molar-refractivity contribution in [1.82, 2.24) is 15.5 Å². The normalized spacial score (nSPS) is 18.3. The summed E-state index contributed by atoms with van der Waals surface area (Å²) in [6.45, 7) is 8.45. The predicted octanol–water partition coefficient (Wildman–Crippen LogP) is 2.93. The maximum absolute atomic E-state index is 12.8. The molecular formula is C21H33N3O3. The van der Waals surface area contributed by atoms with Crippen molar-refractivity contribution in [3.05, 3.63) is 35.9 Å². The van der Waals surface area contributed by atoms with Crippen molar-refractivity contribution < 1.29 is 14.3 Å². The summed E-state index contributed by atoms with van der Waals surface area (Å²) in [6, 6.07) is 10.0. The zero-order valence-corrected chi connectivity index (χ0v) is 16.7. The SMILES string of the molecule is CCOC(=O)NC(CNC(=O)C1CCCN1Cc1ccccc1)CC(C)C. The van der Waals surface area contributed by atoms with Crippen LogP contribution >= 0.6 is 0 Å². The van der Waals surface area contributed by atoms with Gasteiger partial charge in [-0.25, -0.2) is 4.79 Å². The van der Waals surface area contributed by atoms with E-state index in [9.17, 15) is 9.59 Å². The third kappa shape index (κ3) is 7.21. The summed E-state index contributed by atoms with van der Waals surface area (Å²) >= 11 is 0. The number of benzene rings is 1. The Bertz CT molecular complexity index is 592. The molecule has 2 atom stereocenters. The van der Waals surface area contributed by atoms with Gasteiger partial charge in [0, 0.05) is 19.1 Å². The van der Waals surface area contributed by atoms with Crippen LogP contribution in [0.5, 0.6) is 0 Å². The van der Waals surface area contributed by atoms with Crippen molar-refractivity contribution in [3.63, 3.8) is 0 Å². The monoisotopic (exact) mass is 375 g/mol. The number of hydrogen-bond acceptors (Lipinski definition) is 4. The summed E-state index contributed by atoms with van der Waals surface area (Å²) in [4.78, 5) is 26.7. The zero-order chi connectivity index (χ0) is 19.6. The van der Waals surface area contributed by atoms with E-state index in [1.54, 1.807) is 6.92 Å². The number of ether oxygens (including phenoxy) is 1. The van der Waals surface area contributed by atoms with Crippen LogP contribution in [-0.2, 0) is 16.1 Å². The molecule has 6 heteroatoms. The molecule has 1 saturated heterocycles. The Morgan fingerprint density at radius 3 is 2.67 bits per heavy atom. The molecule has 0 aromatic heterocycles. The van der Waals surface area contributed by atoms with Gasteiger partial charge in [0.25, 0.3) is 0 Å². The van der Waals surface area contributed by atoms with Crippen LogP contribution in [-0.4, -0.2) is 48.7 Å². The second-order valence-corrected chi connectivity index (χ2v) is 7.55. The Morgan fingerprint density at radius 2 is 2.00 bits per heavy atom. The lowest BCUT2D eigenvalue weighted by Crippen LogP contribution is -2.49. The van der Waals surface area contributed by atoms with Crippen LogP contribution in [0.25, 0.3) is 0 Å². The third-order valence-electron chi connectivity index (χ3n) is 4.77. The third-order valence-corrected chi connectivity index (χ3v) is 4.77. The average molecular weight is 376 g/mol. The molecule has 2 unspecified atom stereocenters. The lowest BCUT2D eigenvalue weighted by molar-refractivity contribution is -0.125. The summed E-state index contributed by atoms with van der Waals surface area (Å²) in [6.07, 6.45) is 2.27. The first kappa shape index (κ1) is 21.2. The number of carbonyl (C=O) groups excluding carboxylic acids is 2. The fourth-order valence-corrected chi connectivity index (χ4v) is 3.57. The van der Waals surface area contributed by atoms with Gasteiger partial charge in [-0.15, -0.1) is 0 Å². The van der Waals surface area contributed by atoms with Gasteiger partial charge in [0.15, 0.2) is 0 Å². The minimum Gasteiger partial charge on any atom is -0.450 e. The van der Waals surface area contributed by atoms with Crippen molar-refractivity contribution >= 4 is 12.0 Å². The molecule has 0 bridgehead atoms. The first-order valence-electron chi connectivity index (χ1n) is 9.98. The Labute approximate surface area is 162 Å².